The fraction of sp³-hybridized carbons (Fsp3) is 0.667. The SMILES string of the molecule is C/C=C\C1=NCC(C)[Si](C)(C)O1. The first-order valence-electron chi connectivity index (χ1n) is 4.42. The first kappa shape index (κ1) is 9.51. The molecule has 0 amide bonds. The fourth-order valence-electron chi connectivity index (χ4n) is 1.08. The average molecular weight is 183 g/mol. The van der Waals surface area contributed by atoms with Crippen LogP contribution >= 0.6 is 0 Å². The lowest BCUT2D eigenvalue weighted by Crippen LogP contribution is -2.41. The molecule has 1 aliphatic heterocycles. The maximum absolute atomic E-state index is 5.83. The molecule has 3 heteroatoms. The summed E-state index contributed by atoms with van der Waals surface area (Å²) in [6, 6.07) is 0. The zero-order valence-electron chi connectivity index (χ0n) is 8.29. The third-order valence-electron chi connectivity index (χ3n) is 2.38. The Morgan fingerprint density at radius 2 is 2.25 bits per heavy atom. The van der Waals surface area contributed by atoms with E-state index in [0.717, 1.165) is 12.4 Å². The molecule has 0 fully saturated rings. The van der Waals surface area contributed by atoms with E-state index in [9.17, 15) is 0 Å². The van der Waals surface area contributed by atoms with Gasteiger partial charge in [0.05, 0.1) is 0 Å². The Morgan fingerprint density at radius 3 is 2.75 bits per heavy atom. The molecule has 1 rings (SSSR count). The highest BCUT2D eigenvalue weighted by atomic mass is 28.4. The van der Waals surface area contributed by atoms with E-state index in [1.165, 1.54) is 0 Å². The lowest BCUT2D eigenvalue weighted by atomic mass is 10.4. The van der Waals surface area contributed by atoms with Crippen LogP contribution < -0.4 is 0 Å². The fourth-order valence-corrected chi connectivity index (χ4v) is 2.48. The smallest absolute Gasteiger partial charge is 0.251 e. The van der Waals surface area contributed by atoms with Crippen LogP contribution in [0.2, 0.25) is 18.6 Å². The first-order valence-corrected chi connectivity index (χ1v) is 7.41. The molecule has 0 radical (unpaired) electrons. The number of hydrogen-bond donors (Lipinski definition) is 0. The molecular weight excluding hydrogens is 166 g/mol. The standard InChI is InChI=1S/C9H17NOSi/c1-5-6-9-10-7-8(2)12(3,4)11-9/h5-6,8H,7H2,1-4H3/b6-5-. The second-order valence-electron chi connectivity index (χ2n) is 3.79. The van der Waals surface area contributed by atoms with Gasteiger partial charge in [-0.1, -0.05) is 13.0 Å². The van der Waals surface area contributed by atoms with Gasteiger partial charge >= 0.3 is 0 Å². The van der Waals surface area contributed by atoms with E-state index < -0.39 is 8.32 Å². The molecule has 12 heavy (non-hydrogen) atoms. The van der Waals surface area contributed by atoms with Crippen molar-refractivity contribution in [3.8, 4) is 0 Å². The molecule has 0 saturated heterocycles. The van der Waals surface area contributed by atoms with Crippen molar-refractivity contribution < 1.29 is 4.43 Å². The Balaban J connectivity index is 2.73. The topological polar surface area (TPSA) is 21.6 Å². The van der Waals surface area contributed by atoms with E-state index in [1.54, 1.807) is 0 Å². The van der Waals surface area contributed by atoms with Crippen molar-refractivity contribution in [1.29, 1.82) is 0 Å². The zero-order valence-corrected chi connectivity index (χ0v) is 9.29. The summed E-state index contributed by atoms with van der Waals surface area (Å²) < 4.78 is 5.83. The molecule has 0 bridgehead atoms. The van der Waals surface area contributed by atoms with Crippen LogP contribution in [0.3, 0.4) is 0 Å². The molecule has 0 spiro atoms. The summed E-state index contributed by atoms with van der Waals surface area (Å²) in [5.41, 5.74) is 0.631. The number of allylic oxidation sites excluding steroid dienone is 1. The highest BCUT2D eigenvalue weighted by Crippen LogP contribution is 2.26. The van der Waals surface area contributed by atoms with E-state index in [1.807, 2.05) is 19.1 Å². The van der Waals surface area contributed by atoms with Crippen LogP contribution in [-0.4, -0.2) is 20.8 Å². The van der Waals surface area contributed by atoms with Crippen molar-refractivity contribution in [1.82, 2.24) is 0 Å². The number of aliphatic imine (C=N–C) groups is 1. The van der Waals surface area contributed by atoms with E-state index in [0.29, 0.717) is 5.54 Å². The molecule has 2 nitrogen and oxygen atoms in total. The minimum atomic E-state index is -1.48. The average Bonchev–Trinajstić information content (AvgIpc) is 1.97. The maximum atomic E-state index is 5.83. The van der Waals surface area contributed by atoms with Gasteiger partial charge in [-0.25, -0.2) is 0 Å². The largest absolute Gasteiger partial charge is 0.531 e. The molecule has 0 saturated carbocycles. The van der Waals surface area contributed by atoms with Crippen LogP contribution in [-0.2, 0) is 4.43 Å². The third kappa shape index (κ3) is 1.97. The Morgan fingerprint density at radius 1 is 1.58 bits per heavy atom. The molecule has 1 atom stereocenters. The summed E-state index contributed by atoms with van der Waals surface area (Å²) in [5, 5.41) is 0. The van der Waals surface area contributed by atoms with E-state index in [2.05, 4.69) is 25.0 Å². The number of hydrogen-bond acceptors (Lipinski definition) is 2. The van der Waals surface area contributed by atoms with Crippen molar-refractivity contribution in [3.05, 3.63) is 12.2 Å². The van der Waals surface area contributed by atoms with Gasteiger partial charge in [0.1, 0.15) is 0 Å². The summed E-state index contributed by atoms with van der Waals surface area (Å²) in [7, 11) is -1.48. The quantitative estimate of drug-likeness (QED) is 0.573. The zero-order chi connectivity index (χ0) is 9.19. The molecule has 1 unspecified atom stereocenters. The van der Waals surface area contributed by atoms with E-state index >= 15 is 0 Å². The second-order valence-corrected chi connectivity index (χ2v) is 8.18. The molecule has 0 aromatic heterocycles. The maximum Gasteiger partial charge on any atom is 0.251 e. The van der Waals surface area contributed by atoms with Gasteiger partial charge in [0.2, 0.25) is 0 Å². The molecule has 68 valence electrons. The van der Waals surface area contributed by atoms with Gasteiger partial charge in [0.15, 0.2) is 5.90 Å². The summed E-state index contributed by atoms with van der Waals surface area (Å²) in [4.78, 5) is 4.34. The van der Waals surface area contributed by atoms with Crippen LogP contribution in [0.15, 0.2) is 17.1 Å². The normalized spacial score (nSPS) is 28.3. The lowest BCUT2D eigenvalue weighted by molar-refractivity contribution is 0.501. The van der Waals surface area contributed by atoms with Crippen molar-refractivity contribution >= 4 is 14.2 Å². The van der Waals surface area contributed by atoms with Crippen molar-refractivity contribution in [2.45, 2.75) is 32.5 Å². The van der Waals surface area contributed by atoms with Gasteiger partial charge in [-0.2, -0.15) is 0 Å². The van der Waals surface area contributed by atoms with Crippen molar-refractivity contribution in [3.63, 3.8) is 0 Å². The second kappa shape index (κ2) is 3.43. The van der Waals surface area contributed by atoms with Crippen molar-refractivity contribution in [2.24, 2.45) is 4.99 Å². The third-order valence-corrected chi connectivity index (χ3v) is 5.68. The highest BCUT2D eigenvalue weighted by molar-refractivity contribution is 6.74. The predicted molar refractivity (Wildman–Crippen MR) is 55.1 cm³/mol. The summed E-state index contributed by atoms with van der Waals surface area (Å²) in [6.45, 7) is 9.63. The first-order chi connectivity index (χ1) is 5.56. The van der Waals surface area contributed by atoms with Gasteiger partial charge in [-0.3, -0.25) is 4.99 Å². The van der Waals surface area contributed by atoms with E-state index in [-0.39, 0.29) is 0 Å². The van der Waals surface area contributed by atoms with Gasteiger partial charge in [-0.05, 0) is 26.1 Å². The Bertz CT molecular complexity index is 221. The van der Waals surface area contributed by atoms with Crippen LogP contribution in [0.25, 0.3) is 0 Å². The Hall–Kier alpha value is -0.573. The monoisotopic (exact) mass is 183 g/mol. The van der Waals surface area contributed by atoms with Gasteiger partial charge < -0.3 is 4.43 Å². The molecule has 0 N–H and O–H groups in total. The van der Waals surface area contributed by atoms with Crippen molar-refractivity contribution in [2.75, 3.05) is 6.54 Å². The van der Waals surface area contributed by atoms with Crippen LogP contribution in [0.5, 0.6) is 0 Å². The molecule has 1 heterocycles. The lowest BCUT2D eigenvalue weighted by Gasteiger charge is -2.33. The number of nitrogens with zero attached hydrogens (tertiary/aromatic N) is 1. The molecule has 0 aromatic carbocycles. The van der Waals surface area contributed by atoms with Gasteiger partial charge in [0, 0.05) is 12.1 Å². The minimum absolute atomic E-state index is 0.631. The summed E-state index contributed by atoms with van der Waals surface area (Å²) in [6.07, 6.45) is 3.92. The van der Waals surface area contributed by atoms with E-state index in [4.69, 9.17) is 4.43 Å². The Labute approximate surface area is 75.5 Å². The van der Waals surface area contributed by atoms with Crippen LogP contribution in [0, 0.1) is 0 Å². The summed E-state index contributed by atoms with van der Waals surface area (Å²) in [5.74, 6) is 0.826. The van der Waals surface area contributed by atoms with Gasteiger partial charge in [0.25, 0.3) is 8.32 Å². The molecular formula is C9H17NOSi. The molecule has 1 aliphatic rings. The van der Waals surface area contributed by atoms with Gasteiger partial charge in [-0.15, -0.1) is 0 Å². The molecule has 0 aliphatic carbocycles. The van der Waals surface area contributed by atoms with Crippen LogP contribution in [0.1, 0.15) is 13.8 Å². The summed E-state index contributed by atoms with van der Waals surface area (Å²) >= 11 is 0. The minimum Gasteiger partial charge on any atom is -0.531 e. The molecule has 0 aromatic rings. The number of rotatable bonds is 1. The predicted octanol–water partition coefficient (Wildman–Crippen LogP) is 2.59. The Kier molecular flexibility index (Phi) is 2.72. The highest BCUT2D eigenvalue weighted by Gasteiger charge is 2.35. The van der Waals surface area contributed by atoms with Crippen LogP contribution in [0.4, 0.5) is 0 Å².